The molecule has 0 aliphatic heterocycles. The fourth-order valence-electron chi connectivity index (χ4n) is 2.48. The average Bonchev–Trinajstić information content (AvgIpc) is 2.39. The first-order chi connectivity index (χ1) is 9.13. The molecule has 1 heteroatoms. The number of rotatable bonds is 1. The lowest BCUT2D eigenvalue weighted by Crippen LogP contribution is -1.89. The van der Waals surface area contributed by atoms with E-state index in [1.54, 1.807) is 0 Å². The Morgan fingerprint density at radius 2 is 1.47 bits per heavy atom. The molecule has 0 amide bonds. The van der Waals surface area contributed by atoms with Crippen molar-refractivity contribution in [3.8, 4) is 11.3 Å². The maximum atomic E-state index is 4.82. The Labute approximate surface area is 113 Å². The molecular formula is C18H17N. The van der Waals surface area contributed by atoms with Gasteiger partial charge in [0.15, 0.2) is 0 Å². The van der Waals surface area contributed by atoms with Gasteiger partial charge in [-0.25, -0.2) is 4.98 Å². The highest BCUT2D eigenvalue weighted by molar-refractivity contribution is 5.85. The van der Waals surface area contributed by atoms with Crippen molar-refractivity contribution < 1.29 is 0 Å². The summed E-state index contributed by atoms with van der Waals surface area (Å²) >= 11 is 0. The van der Waals surface area contributed by atoms with Crippen LogP contribution >= 0.6 is 0 Å². The van der Waals surface area contributed by atoms with Crippen molar-refractivity contribution in [3.63, 3.8) is 0 Å². The molecule has 0 aliphatic rings. The zero-order chi connectivity index (χ0) is 13.4. The Balaban J connectivity index is 2.19. The number of nitrogens with zero attached hydrogens (tertiary/aromatic N) is 1. The van der Waals surface area contributed by atoms with Crippen molar-refractivity contribution in [1.82, 2.24) is 4.98 Å². The molecule has 94 valence electrons. The molecular weight excluding hydrogens is 230 g/mol. The van der Waals surface area contributed by atoms with E-state index in [0.717, 1.165) is 11.2 Å². The molecule has 3 aromatic rings. The van der Waals surface area contributed by atoms with E-state index in [-0.39, 0.29) is 0 Å². The molecule has 2 aromatic carbocycles. The van der Waals surface area contributed by atoms with E-state index in [1.807, 2.05) is 0 Å². The standard InChI is InChI=1S/C18H17N/c1-12-4-6-15(7-5-12)17-9-8-16-11-13(2)10-14(3)18(16)19-17/h4-11H,1-3H3. The van der Waals surface area contributed by atoms with Crippen LogP contribution in [0.5, 0.6) is 0 Å². The maximum absolute atomic E-state index is 4.82. The van der Waals surface area contributed by atoms with Gasteiger partial charge in [0.05, 0.1) is 11.2 Å². The molecule has 0 aliphatic carbocycles. The van der Waals surface area contributed by atoms with Crippen molar-refractivity contribution in [2.45, 2.75) is 20.8 Å². The zero-order valence-electron chi connectivity index (χ0n) is 11.6. The fraction of sp³-hybridized carbons (Fsp3) is 0.167. The number of aryl methyl sites for hydroxylation is 3. The third kappa shape index (κ3) is 2.24. The third-order valence-electron chi connectivity index (χ3n) is 3.47. The lowest BCUT2D eigenvalue weighted by atomic mass is 10.0. The van der Waals surface area contributed by atoms with Crippen LogP contribution in [0.2, 0.25) is 0 Å². The summed E-state index contributed by atoms with van der Waals surface area (Å²) in [7, 11) is 0. The van der Waals surface area contributed by atoms with E-state index in [2.05, 4.69) is 69.3 Å². The summed E-state index contributed by atoms with van der Waals surface area (Å²) in [5, 5.41) is 1.22. The van der Waals surface area contributed by atoms with Crippen molar-refractivity contribution >= 4 is 10.9 Å². The molecule has 0 bridgehead atoms. The van der Waals surface area contributed by atoms with Crippen LogP contribution in [0.15, 0.2) is 48.5 Å². The van der Waals surface area contributed by atoms with Crippen LogP contribution in [0.4, 0.5) is 0 Å². The fourth-order valence-corrected chi connectivity index (χ4v) is 2.48. The van der Waals surface area contributed by atoms with Crippen LogP contribution in [-0.2, 0) is 0 Å². The largest absolute Gasteiger partial charge is 0.248 e. The van der Waals surface area contributed by atoms with Gasteiger partial charge in [-0.05, 0) is 38.5 Å². The molecule has 0 radical (unpaired) electrons. The van der Waals surface area contributed by atoms with Gasteiger partial charge in [-0.15, -0.1) is 0 Å². The molecule has 1 aromatic heterocycles. The first kappa shape index (κ1) is 11.9. The quantitative estimate of drug-likeness (QED) is 0.600. The van der Waals surface area contributed by atoms with Gasteiger partial charge in [0.2, 0.25) is 0 Å². The zero-order valence-corrected chi connectivity index (χ0v) is 11.6. The van der Waals surface area contributed by atoms with E-state index in [4.69, 9.17) is 4.98 Å². The number of hydrogen-bond acceptors (Lipinski definition) is 1. The minimum absolute atomic E-state index is 1.04. The summed E-state index contributed by atoms with van der Waals surface area (Å²) in [6.07, 6.45) is 0. The molecule has 19 heavy (non-hydrogen) atoms. The number of fused-ring (bicyclic) bond motifs is 1. The third-order valence-corrected chi connectivity index (χ3v) is 3.47. The average molecular weight is 247 g/mol. The van der Waals surface area contributed by atoms with Crippen LogP contribution in [0.1, 0.15) is 16.7 Å². The molecule has 0 spiro atoms. The van der Waals surface area contributed by atoms with Crippen LogP contribution in [0.25, 0.3) is 22.2 Å². The minimum Gasteiger partial charge on any atom is -0.248 e. The predicted molar refractivity (Wildman–Crippen MR) is 81.4 cm³/mol. The van der Waals surface area contributed by atoms with E-state index in [9.17, 15) is 0 Å². The Bertz CT molecular complexity index is 739. The second-order valence-electron chi connectivity index (χ2n) is 5.22. The normalized spacial score (nSPS) is 10.9. The monoisotopic (exact) mass is 247 g/mol. The molecule has 3 rings (SSSR count). The number of aromatic nitrogens is 1. The molecule has 0 atom stereocenters. The Morgan fingerprint density at radius 3 is 2.21 bits per heavy atom. The summed E-state index contributed by atoms with van der Waals surface area (Å²) in [5.41, 5.74) is 7.12. The van der Waals surface area contributed by atoms with Gasteiger partial charge in [-0.1, -0.05) is 47.5 Å². The van der Waals surface area contributed by atoms with Crippen LogP contribution < -0.4 is 0 Å². The van der Waals surface area contributed by atoms with Crippen molar-refractivity contribution in [2.75, 3.05) is 0 Å². The smallest absolute Gasteiger partial charge is 0.0738 e. The first-order valence-electron chi connectivity index (χ1n) is 6.58. The first-order valence-corrected chi connectivity index (χ1v) is 6.58. The van der Waals surface area contributed by atoms with E-state index >= 15 is 0 Å². The van der Waals surface area contributed by atoms with Gasteiger partial charge in [0.25, 0.3) is 0 Å². The van der Waals surface area contributed by atoms with Crippen LogP contribution in [-0.4, -0.2) is 4.98 Å². The van der Waals surface area contributed by atoms with E-state index in [1.165, 1.54) is 27.6 Å². The van der Waals surface area contributed by atoms with E-state index < -0.39 is 0 Å². The van der Waals surface area contributed by atoms with Gasteiger partial charge >= 0.3 is 0 Å². The van der Waals surface area contributed by atoms with Gasteiger partial charge in [-0.3, -0.25) is 0 Å². The van der Waals surface area contributed by atoms with Crippen molar-refractivity contribution in [1.29, 1.82) is 0 Å². The highest BCUT2D eigenvalue weighted by atomic mass is 14.7. The highest BCUT2D eigenvalue weighted by Crippen LogP contribution is 2.24. The Hall–Kier alpha value is -2.15. The molecule has 0 unspecified atom stereocenters. The summed E-state index contributed by atoms with van der Waals surface area (Å²) in [6, 6.07) is 17.2. The van der Waals surface area contributed by atoms with E-state index in [0.29, 0.717) is 0 Å². The van der Waals surface area contributed by atoms with Crippen LogP contribution in [0, 0.1) is 20.8 Å². The summed E-state index contributed by atoms with van der Waals surface area (Å²) in [4.78, 5) is 4.82. The molecule has 1 nitrogen and oxygen atoms in total. The topological polar surface area (TPSA) is 12.9 Å². The van der Waals surface area contributed by atoms with Crippen LogP contribution in [0.3, 0.4) is 0 Å². The van der Waals surface area contributed by atoms with Crippen molar-refractivity contribution in [3.05, 3.63) is 65.2 Å². The SMILES string of the molecule is Cc1ccc(-c2ccc3cc(C)cc(C)c3n2)cc1. The lowest BCUT2D eigenvalue weighted by Gasteiger charge is -2.07. The number of pyridine rings is 1. The van der Waals surface area contributed by atoms with Gasteiger partial charge in [0, 0.05) is 10.9 Å². The summed E-state index contributed by atoms with van der Waals surface area (Å²) in [5.74, 6) is 0. The lowest BCUT2D eigenvalue weighted by molar-refractivity contribution is 1.33. The maximum Gasteiger partial charge on any atom is 0.0738 e. The second-order valence-corrected chi connectivity index (χ2v) is 5.22. The number of hydrogen-bond donors (Lipinski definition) is 0. The Kier molecular flexibility index (Phi) is 2.83. The molecule has 0 fully saturated rings. The molecule has 0 saturated carbocycles. The predicted octanol–water partition coefficient (Wildman–Crippen LogP) is 4.83. The molecule has 0 N–H and O–H groups in total. The van der Waals surface area contributed by atoms with Gasteiger partial charge in [-0.2, -0.15) is 0 Å². The minimum atomic E-state index is 1.04. The van der Waals surface area contributed by atoms with Gasteiger partial charge < -0.3 is 0 Å². The molecule has 0 saturated heterocycles. The van der Waals surface area contributed by atoms with Gasteiger partial charge in [0.1, 0.15) is 0 Å². The van der Waals surface area contributed by atoms with Crippen molar-refractivity contribution in [2.24, 2.45) is 0 Å². The number of benzene rings is 2. The Morgan fingerprint density at radius 1 is 0.737 bits per heavy atom. The second kappa shape index (κ2) is 4.51. The summed E-state index contributed by atoms with van der Waals surface area (Å²) < 4.78 is 0. The highest BCUT2D eigenvalue weighted by Gasteiger charge is 2.04. The summed E-state index contributed by atoms with van der Waals surface area (Å²) in [6.45, 7) is 6.35. The molecule has 1 heterocycles.